The molecular weight excluding hydrogens is 306 g/mol. The van der Waals surface area contributed by atoms with E-state index in [-0.39, 0.29) is 6.10 Å². The van der Waals surface area contributed by atoms with Gasteiger partial charge in [-0.15, -0.1) is 0 Å². The van der Waals surface area contributed by atoms with Gasteiger partial charge in [-0.1, -0.05) is 54.1 Å². The van der Waals surface area contributed by atoms with E-state index >= 15 is 0 Å². The van der Waals surface area contributed by atoms with Crippen molar-refractivity contribution < 1.29 is 4.74 Å². The van der Waals surface area contributed by atoms with Gasteiger partial charge in [-0.2, -0.15) is 0 Å². The van der Waals surface area contributed by atoms with E-state index in [1.165, 1.54) is 24.0 Å². The maximum absolute atomic E-state index is 6.60. The van der Waals surface area contributed by atoms with Gasteiger partial charge in [-0.05, 0) is 48.9 Å². The highest BCUT2D eigenvalue weighted by Crippen LogP contribution is 2.34. The molecule has 2 aromatic carbocycles. The molecule has 2 heterocycles. The van der Waals surface area contributed by atoms with Crippen LogP contribution in [-0.2, 0) is 4.74 Å². The molecule has 2 nitrogen and oxygen atoms in total. The van der Waals surface area contributed by atoms with Gasteiger partial charge in [0, 0.05) is 17.1 Å². The molecule has 0 spiro atoms. The quantitative estimate of drug-likeness (QED) is 0.876. The second kappa shape index (κ2) is 6.64. The van der Waals surface area contributed by atoms with Crippen LogP contribution in [0.1, 0.15) is 42.9 Å². The summed E-state index contributed by atoms with van der Waals surface area (Å²) in [5, 5.41) is 4.45. The Morgan fingerprint density at radius 2 is 1.48 bits per heavy atom. The molecule has 0 amide bonds. The molecule has 1 N–H and O–H groups in total. The molecule has 0 aliphatic carbocycles. The van der Waals surface area contributed by atoms with Gasteiger partial charge in [0.05, 0.1) is 6.10 Å². The maximum atomic E-state index is 6.60. The fourth-order valence-electron chi connectivity index (χ4n) is 3.92. The van der Waals surface area contributed by atoms with Gasteiger partial charge in [0.1, 0.15) is 6.10 Å². The van der Waals surface area contributed by atoms with E-state index in [2.05, 4.69) is 41.7 Å². The normalized spacial score (nSPS) is 27.8. The average Bonchev–Trinajstić information content (AvgIpc) is 2.93. The summed E-state index contributed by atoms with van der Waals surface area (Å²) in [6, 6.07) is 19.8. The Hall–Kier alpha value is -1.35. The lowest BCUT2D eigenvalue weighted by atomic mass is 9.98. The van der Waals surface area contributed by atoms with Crippen LogP contribution in [0.4, 0.5) is 0 Å². The second-order valence-electron chi connectivity index (χ2n) is 6.71. The summed E-state index contributed by atoms with van der Waals surface area (Å²) in [7, 11) is 0. The highest BCUT2D eigenvalue weighted by atomic mass is 35.5. The average molecular weight is 328 g/mol. The summed E-state index contributed by atoms with van der Waals surface area (Å²) in [6.45, 7) is 0. The SMILES string of the molecule is Clc1ccc(C(OC2C[C@H]3CC[C@@H](C2)N3)c2ccccc2)cc1. The first-order chi connectivity index (χ1) is 11.3. The zero-order chi connectivity index (χ0) is 15.6. The van der Waals surface area contributed by atoms with Crippen LogP contribution in [0.5, 0.6) is 0 Å². The molecule has 0 aromatic heterocycles. The Bertz CT molecular complexity index is 630. The van der Waals surface area contributed by atoms with Crippen LogP contribution in [-0.4, -0.2) is 18.2 Å². The molecule has 2 aliphatic rings. The van der Waals surface area contributed by atoms with Gasteiger partial charge in [0.15, 0.2) is 0 Å². The molecule has 2 aliphatic heterocycles. The minimum absolute atomic E-state index is 0.0176. The minimum atomic E-state index is -0.0176. The third kappa shape index (κ3) is 3.45. The van der Waals surface area contributed by atoms with Gasteiger partial charge in [-0.3, -0.25) is 0 Å². The van der Waals surface area contributed by atoms with E-state index in [9.17, 15) is 0 Å². The maximum Gasteiger partial charge on any atom is 0.108 e. The largest absolute Gasteiger partial charge is 0.365 e. The van der Waals surface area contributed by atoms with Crippen molar-refractivity contribution >= 4 is 11.6 Å². The minimum Gasteiger partial charge on any atom is -0.365 e. The summed E-state index contributed by atoms with van der Waals surface area (Å²) in [5.41, 5.74) is 2.38. The molecular formula is C20H22ClNO. The molecule has 4 atom stereocenters. The monoisotopic (exact) mass is 327 g/mol. The standard InChI is InChI=1S/C20H22ClNO/c21-16-8-6-15(7-9-16)20(14-4-2-1-3-5-14)23-19-12-17-10-11-18(13-19)22-17/h1-9,17-20,22H,10-13H2/t17-,18+,19?,20?. The van der Waals surface area contributed by atoms with Crippen molar-refractivity contribution in [2.24, 2.45) is 0 Å². The van der Waals surface area contributed by atoms with E-state index in [4.69, 9.17) is 16.3 Å². The topological polar surface area (TPSA) is 21.3 Å². The van der Waals surface area contributed by atoms with E-state index in [0.29, 0.717) is 18.2 Å². The van der Waals surface area contributed by atoms with Crippen molar-refractivity contribution in [3.63, 3.8) is 0 Å². The van der Waals surface area contributed by atoms with Crippen molar-refractivity contribution in [3.05, 3.63) is 70.7 Å². The van der Waals surface area contributed by atoms with Crippen LogP contribution in [0.25, 0.3) is 0 Å². The Morgan fingerprint density at radius 3 is 2.13 bits per heavy atom. The van der Waals surface area contributed by atoms with Gasteiger partial charge in [0.2, 0.25) is 0 Å². The van der Waals surface area contributed by atoms with Crippen LogP contribution in [0.15, 0.2) is 54.6 Å². The third-order valence-corrected chi connectivity index (χ3v) is 5.29. The highest BCUT2D eigenvalue weighted by molar-refractivity contribution is 6.30. The number of halogens is 1. The summed E-state index contributed by atoms with van der Waals surface area (Å²) in [5.74, 6) is 0. The van der Waals surface area contributed by atoms with E-state index < -0.39 is 0 Å². The van der Waals surface area contributed by atoms with Crippen LogP contribution in [0.3, 0.4) is 0 Å². The first kappa shape index (κ1) is 15.2. The smallest absolute Gasteiger partial charge is 0.108 e. The Kier molecular flexibility index (Phi) is 4.39. The molecule has 120 valence electrons. The summed E-state index contributed by atoms with van der Waals surface area (Å²) in [4.78, 5) is 0. The summed E-state index contributed by atoms with van der Waals surface area (Å²) < 4.78 is 6.60. The molecule has 2 saturated heterocycles. The van der Waals surface area contributed by atoms with E-state index in [1.54, 1.807) is 0 Å². The van der Waals surface area contributed by atoms with Gasteiger partial charge >= 0.3 is 0 Å². The summed E-state index contributed by atoms with van der Waals surface area (Å²) >= 11 is 6.05. The lowest BCUT2D eigenvalue weighted by Crippen LogP contribution is -2.41. The number of fused-ring (bicyclic) bond motifs is 2. The number of nitrogens with one attached hydrogen (secondary N) is 1. The van der Waals surface area contributed by atoms with Crippen molar-refractivity contribution in [1.29, 1.82) is 0 Å². The summed E-state index contributed by atoms with van der Waals surface area (Å²) in [6.07, 6.45) is 5.13. The number of hydrogen-bond donors (Lipinski definition) is 1. The molecule has 0 radical (unpaired) electrons. The van der Waals surface area contributed by atoms with Crippen LogP contribution < -0.4 is 5.32 Å². The third-order valence-electron chi connectivity index (χ3n) is 5.03. The molecule has 23 heavy (non-hydrogen) atoms. The number of ether oxygens (including phenoxy) is 1. The van der Waals surface area contributed by atoms with Gasteiger partial charge in [0.25, 0.3) is 0 Å². The number of benzene rings is 2. The molecule has 2 fully saturated rings. The van der Waals surface area contributed by atoms with Gasteiger partial charge in [-0.25, -0.2) is 0 Å². The molecule has 0 saturated carbocycles. The first-order valence-corrected chi connectivity index (χ1v) is 8.87. The molecule has 2 unspecified atom stereocenters. The molecule has 4 rings (SSSR count). The van der Waals surface area contributed by atoms with Crippen molar-refractivity contribution in [2.45, 2.75) is 50.0 Å². The fourth-order valence-corrected chi connectivity index (χ4v) is 4.05. The zero-order valence-electron chi connectivity index (χ0n) is 13.1. The van der Waals surface area contributed by atoms with Crippen LogP contribution >= 0.6 is 11.6 Å². The predicted molar refractivity (Wildman–Crippen MR) is 93.8 cm³/mol. The van der Waals surface area contributed by atoms with Crippen molar-refractivity contribution in [1.82, 2.24) is 5.32 Å². The Morgan fingerprint density at radius 1 is 0.870 bits per heavy atom. The Labute approximate surface area is 142 Å². The Balaban J connectivity index is 1.59. The highest BCUT2D eigenvalue weighted by Gasteiger charge is 2.35. The molecule has 3 heteroatoms. The number of piperidine rings is 1. The van der Waals surface area contributed by atoms with E-state index in [0.717, 1.165) is 17.9 Å². The first-order valence-electron chi connectivity index (χ1n) is 8.50. The number of hydrogen-bond acceptors (Lipinski definition) is 2. The van der Waals surface area contributed by atoms with Crippen LogP contribution in [0.2, 0.25) is 5.02 Å². The van der Waals surface area contributed by atoms with Crippen molar-refractivity contribution in [3.8, 4) is 0 Å². The molecule has 2 aromatic rings. The predicted octanol–water partition coefficient (Wildman–Crippen LogP) is 4.73. The number of rotatable bonds is 4. The molecule has 2 bridgehead atoms. The van der Waals surface area contributed by atoms with Gasteiger partial charge < -0.3 is 10.1 Å². The second-order valence-corrected chi connectivity index (χ2v) is 7.15. The fraction of sp³-hybridized carbons (Fsp3) is 0.400. The zero-order valence-corrected chi connectivity index (χ0v) is 13.9. The van der Waals surface area contributed by atoms with Crippen molar-refractivity contribution in [2.75, 3.05) is 0 Å². The lowest BCUT2D eigenvalue weighted by Gasteiger charge is -2.32. The van der Waals surface area contributed by atoms with E-state index in [1.807, 2.05) is 18.2 Å². The lowest BCUT2D eigenvalue weighted by molar-refractivity contribution is -0.0181. The van der Waals surface area contributed by atoms with Crippen LogP contribution in [0, 0.1) is 0 Å².